The summed E-state index contributed by atoms with van der Waals surface area (Å²) in [5.74, 6) is 0.856. The van der Waals surface area contributed by atoms with Crippen LogP contribution in [-0.4, -0.2) is 11.6 Å². The van der Waals surface area contributed by atoms with Gasteiger partial charge in [-0.25, -0.2) is 4.98 Å². The lowest BCUT2D eigenvalue weighted by Gasteiger charge is -2.07. The average Bonchev–Trinajstić information content (AvgIpc) is 2.95. The number of benzene rings is 2. The zero-order valence-corrected chi connectivity index (χ0v) is 12.3. The zero-order chi connectivity index (χ0) is 14.5. The summed E-state index contributed by atoms with van der Waals surface area (Å²) in [6, 6.07) is 18.3. The molecule has 2 N–H and O–H groups in total. The van der Waals surface area contributed by atoms with Crippen LogP contribution in [0.15, 0.2) is 60.0 Å². The van der Waals surface area contributed by atoms with Gasteiger partial charge in [0.1, 0.15) is 5.75 Å². The van der Waals surface area contributed by atoms with Gasteiger partial charge in [0.25, 0.3) is 0 Å². The Balaban J connectivity index is 1.64. The molecule has 4 heteroatoms. The molecule has 0 atom stereocenters. The summed E-state index contributed by atoms with van der Waals surface area (Å²) in [5.41, 5.74) is 8.88. The lowest BCUT2D eigenvalue weighted by atomic mass is 10.1. The molecule has 0 aliphatic carbocycles. The van der Waals surface area contributed by atoms with Gasteiger partial charge in [0.15, 0.2) is 5.13 Å². The smallest absolute Gasteiger partial charge is 0.180 e. The summed E-state index contributed by atoms with van der Waals surface area (Å²) in [6.45, 7) is 0.659. The largest absolute Gasteiger partial charge is 0.493 e. The fourth-order valence-corrected chi connectivity index (χ4v) is 2.67. The van der Waals surface area contributed by atoms with Crippen molar-refractivity contribution in [2.45, 2.75) is 6.42 Å². The Morgan fingerprint density at radius 2 is 1.90 bits per heavy atom. The molecule has 0 fully saturated rings. The molecule has 3 nitrogen and oxygen atoms in total. The number of hydrogen-bond acceptors (Lipinski definition) is 4. The van der Waals surface area contributed by atoms with Gasteiger partial charge in [0.2, 0.25) is 0 Å². The highest BCUT2D eigenvalue weighted by atomic mass is 32.1. The molecule has 0 bridgehead atoms. The van der Waals surface area contributed by atoms with E-state index in [1.54, 1.807) is 0 Å². The van der Waals surface area contributed by atoms with Crippen LogP contribution in [-0.2, 0) is 6.42 Å². The summed E-state index contributed by atoms with van der Waals surface area (Å²) >= 11 is 1.45. The van der Waals surface area contributed by atoms with Gasteiger partial charge in [-0.1, -0.05) is 42.5 Å². The van der Waals surface area contributed by atoms with Crippen LogP contribution in [0.1, 0.15) is 5.56 Å². The summed E-state index contributed by atoms with van der Waals surface area (Å²) in [6.07, 6.45) is 0.898. The van der Waals surface area contributed by atoms with Gasteiger partial charge in [-0.15, -0.1) is 11.3 Å². The van der Waals surface area contributed by atoms with Gasteiger partial charge in [0.05, 0.1) is 12.3 Å². The van der Waals surface area contributed by atoms with Crippen molar-refractivity contribution in [3.05, 3.63) is 65.5 Å². The van der Waals surface area contributed by atoms with E-state index in [1.165, 1.54) is 16.9 Å². The minimum atomic E-state index is 0.584. The number of ether oxygens (including phenoxy) is 1. The monoisotopic (exact) mass is 296 g/mol. The SMILES string of the molecule is Nc1nc(-c2cccc(OCCc3ccccc3)c2)cs1. The fraction of sp³-hybridized carbons (Fsp3) is 0.118. The van der Waals surface area contributed by atoms with Crippen molar-refractivity contribution in [2.75, 3.05) is 12.3 Å². The van der Waals surface area contributed by atoms with E-state index in [9.17, 15) is 0 Å². The molecule has 3 aromatic rings. The van der Waals surface area contributed by atoms with Crippen LogP contribution in [0.4, 0.5) is 5.13 Å². The van der Waals surface area contributed by atoms with Crippen LogP contribution in [0.2, 0.25) is 0 Å². The number of nitrogen functional groups attached to an aromatic ring is 1. The molecule has 0 aliphatic heterocycles. The van der Waals surface area contributed by atoms with Crippen LogP contribution < -0.4 is 10.5 Å². The lowest BCUT2D eigenvalue weighted by molar-refractivity contribution is 0.322. The fourth-order valence-electron chi connectivity index (χ4n) is 2.10. The van der Waals surface area contributed by atoms with Crippen molar-refractivity contribution in [3.8, 4) is 17.0 Å². The van der Waals surface area contributed by atoms with Crippen molar-refractivity contribution in [2.24, 2.45) is 0 Å². The van der Waals surface area contributed by atoms with Gasteiger partial charge in [-0.05, 0) is 17.7 Å². The van der Waals surface area contributed by atoms with E-state index in [0.29, 0.717) is 11.7 Å². The normalized spacial score (nSPS) is 10.5. The molecular weight excluding hydrogens is 280 g/mol. The Kier molecular flexibility index (Phi) is 4.17. The molecule has 0 unspecified atom stereocenters. The van der Waals surface area contributed by atoms with E-state index >= 15 is 0 Å². The molecule has 0 amide bonds. The molecule has 21 heavy (non-hydrogen) atoms. The number of aromatic nitrogens is 1. The second kappa shape index (κ2) is 6.41. The maximum Gasteiger partial charge on any atom is 0.180 e. The third-order valence-corrected chi connectivity index (χ3v) is 3.83. The van der Waals surface area contributed by atoms with Crippen LogP contribution in [0.5, 0.6) is 5.75 Å². The first-order valence-electron chi connectivity index (χ1n) is 6.79. The van der Waals surface area contributed by atoms with Gasteiger partial charge in [0, 0.05) is 17.4 Å². The molecule has 2 aromatic carbocycles. The Labute approximate surface area is 128 Å². The van der Waals surface area contributed by atoms with Gasteiger partial charge < -0.3 is 10.5 Å². The number of thiazole rings is 1. The van der Waals surface area contributed by atoms with Crippen molar-refractivity contribution in [3.63, 3.8) is 0 Å². The lowest BCUT2D eigenvalue weighted by Crippen LogP contribution is -2.01. The summed E-state index contributed by atoms with van der Waals surface area (Å²) < 4.78 is 5.82. The van der Waals surface area contributed by atoms with Gasteiger partial charge in [-0.3, -0.25) is 0 Å². The van der Waals surface area contributed by atoms with E-state index in [4.69, 9.17) is 10.5 Å². The van der Waals surface area contributed by atoms with Gasteiger partial charge >= 0.3 is 0 Å². The number of rotatable bonds is 5. The number of hydrogen-bond donors (Lipinski definition) is 1. The molecule has 106 valence electrons. The third kappa shape index (κ3) is 3.61. The average molecular weight is 296 g/mol. The van der Waals surface area contributed by atoms with E-state index in [2.05, 4.69) is 17.1 Å². The standard InChI is InChI=1S/C17H16N2OS/c18-17-19-16(12-21-17)14-7-4-8-15(11-14)20-10-9-13-5-2-1-3-6-13/h1-8,11-12H,9-10H2,(H2,18,19). The second-order valence-electron chi connectivity index (χ2n) is 4.68. The predicted octanol–water partition coefficient (Wildman–Crippen LogP) is 4.01. The minimum absolute atomic E-state index is 0.584. The van der Waals surface area contributed by atoms with Crippen LogP contribution in [0.3, 0.4) is 0 Å². The van der Waals surface area contributed by atoms with E-state index in [1.807, 2.05) is 47.8 Å². The first kappa shape index (κ1) is 13.6. The van der Waals surface area contributed by atoms with Crippen LogP contribution in [0.25, 0.3) is 11.3 Å². The topological polar surface area (TPSA) is 48.1 Å². The van der Waals surface area contributed by atoms with E-state index in [-0.39, 0.29) is 0 Å². The van der Waals surface area contributed by atoms with Crippen molar-refractivity contribution in [1.29, 1.82) is 0 Å². The molecule has 1 aromatic heterocycles. The molecule has 0 spiro atoms. The Morgan fingerprint density at radius 3 is 2.67 bits per heavy atom. The Bertz CT molecular complexity index is 710. The molecule has 3 rings (SSSR count). The third-order valence-electron chi connectivity index (χ3n) is 3.15. The van der Waals surface area contributed by atoms with Crippen LogP contribution >= 0.6 is 11.3 Å². The molecule has 1 heterocycles. The molecule has 0 radical (unpaired) electrons. The zero-order valence-electron chi connectivity index (χ0n) is 11.5. The first-order chi connectivity index (χ1) is 10.3. The summed E-state index contributed by atoms with van der Waals surface area (Å²) in [7, 11) is 0. The Hall–Kier alpha value is -2.33. The maximum absolute atomic E-state index is 5.82. The number of nitrogens with zero attached hydrogens (tertiary/aromatic N) is 1. The predicted molar refractivity (Wildman–Crippen MR) is 87.6 cm³/mol. The van der Waals surface area contributed by atoms with Crippen molar-refractivity contribution in [1.82, 2.24) is 4.98 Å². The highest BCUT2D eigenvalue weighted by molar-refractivity contribution is 7.13. The van der Waals surface area contributed by atoms with Gasteiger partial charge in [-0.2, -0.15) is 0 Å². The molecule has 0 saturated heterocycles. The first-order valence-corrected chi connectivity index (χ1v) is 7.67. The quantitative estimate of drug-likeness (QED) is 0.773. The van der Waals surface area contributed by atoms with Crippen molar-refractivity contribution < 1.29 is 4.74 Å². The molecule has 0 aliphatic rings. The van der Waals surface area contributed by atoms with E-state index < -0.39 is 0 Å². The molecule has 0 saturated carbocycles. The summed E-state index contributed by atoms with van der Waals surface area (Å²) in [5, 5.41) is 2.54. The Morgan fingerprint density at radius 1 is 1.05 bits per heavy atom. The number of anilines is 1. The minimum Gasteiger partial charge on any atom is -0.493 e. The highest BCUT2D eigenvalue weighted by Gasteiger charge is 2.04. The summed E-state index contributed by atoms with van der Waals surface area (Å²) in [4.78, 5) is 4.29. The maximum atomic E-state index is 5.82. The molecular formula is C17H16N2OS. The van der Waals surface area contributed by atoms with E-state index in [0.717, 1.165) is 23.4 Å². The van der Waals surface area contributed by atoms with Crippen molar-refractivity contribution >= 4 is 16.5 Å². The highest BCUT2D eigenvalue weighted by Crippen LogP contribution is 2.26. The number of nitrogens with two attached hydrogens (primary N) is 1. The second-order valence-corrected chi connectivity index (χ2v) is 5.57. The van der Waals surface area contributed by atoms with Crippen LogP contribution in [0, 0.1) is 0 Å².